The summed E-state index contributed by atoms with van der Waals surface area (Å²) >= 11 is 0. The van der Waals surface area contributed by atoms with Gasteiger partial charge in [0.05, 0.1) is 0 Å². The first-order valence-corrected chi connectivity index (χ1v) is 9.02. The van der Waals surface area contributed by atoms with Gasteiger partial charge in [0, 0.05) is 36.7 Å². The van der Waals surface area contributed by atoms with Crippen LogP contribution in [0.1, 0.15) is 47.3 Å². The lowest BCUT2D eigenvalue weighted by Crippen LogP contribution is -2.51. The van der Waals surface area contributed by atoms with Gasteiger partial charge in [0.25, 0.3) is 11.9 Å². The molecule has 2 aliphatic heterocycles. The Labute approximate surface area is 151 Å². The second kappa shape index (κ2) is 6.63. The lowest BCUT2D eigenvalue weighted by atomic mass is 9.97. The summed E-state index contributed by atoms with van der Waals surface area (Å²) in [5.74, 6) is -0.321. The van der Waals surface area contributed by atoms with Crippen molar-refractivity contribution in [3.63, 3.8) is 0 Å². The Bertz CT molecular complexity index is 828. The average molecular weight is 355 g/mol. The van der Waals surface area contributed by atoms with Crippen molar-refractivity contribution in [1.82, 2.24) is 20.3 Å². The van der Waals surface area contributed by atoms with Gasteiger partial charge in [-0.25, -0.2) is 9.97 Å². The van der Waals surface area contributed by atoms with Gasteiger partial charge in [-0.3, -0.25) is 9.78 Å². The van der Waals surface area contributed by atoms with E-state index in [1.807, 2.05) is 19.9 Å². The molecule has 136 valence electrons. The molecule has 4 rings (SSSR count). The summed E-state index contributed by atoms with van der Waals surface area (Å²) in [4.78, 5) is 26.9. The third kappa shape index (κ3) is 3.02. The summed E-state index contributed by atoms with van der Waals surface area (Å²) in [5.41, 5.74) is 2.39. The summed E-state index contributed by atoms with van der Waals surface area (Å²) in [6, 6.07) is 2.39. The van der Waals surface area contributed by atoms with E-state index >= 15 is 0 Å². The monoisotopic (exact) mass is 355 g/mol. The standard InChI is InChI=1S/C19H22FN5O/c1-11-7-12(2)16(23-10-11)19(26)24-13-8-14-3-4-15(9-13)25(14)18-17(20)21-5-6-22-18/h5-7,10,13-15H,3-4,8-9H2,1-2H3,(H,24,26). The zero-order chi connectivity index (χ0) is 18.3. The predicted octanol–water partition coefficient (Wildman–Crippen LogP) is 2.56. The minimum atomic E-state index is -0.522. The fourth-order valence-corrected chi connectivity index (χ4v) is 4.33. The number of aromatic nitrogens is 3. The number of halogens is 1. The number of aryl methyl sites for hydroxylation is 2. The van der Waals surface area contributed by atoms with Crippen LogP contribution < -0.4 is 10.2 Å². The second-order valence-corrected chi connectivity index (χ2v) is 7.28. The SMILES string of the molecule is Cc1cnc(C(=O)NC2CC3CCC(C2)N3c2nccnc2F)c(C)c1. The van der Waals surface area contributed by atoms with Crippen LogP contribution in [-0.2, 0) is 0 Å². The lowest BCUT2D eigenvalue weighted by molar-refractivity contribution is 0.0921. The van der Waals surface area contributed by atoms with Crippen LogP contribution in [0.3, 0.4) is 0 Å². The first-order chi connectivity index (χ1) is 12.5. The molecule has 0 spiro atoms. The molecule has 26 heavy (non-hydrogen) atoms. The molecule has 0 aromatic carbocycles. The molecule has 2 fully saturated rings. The Kier molecular flexibility index (Phi) is 4.30. The molecule has 0 radical (unpaired) electrons. The number of piperidine rings is 1. The van der Waals surface area contributed by atoms with E-state index in [0.29, 0.717) is 11.5 Å². The molecule has 2 saturated heterocycles. The topological polar surface area (TPSA) is 71.0 Å². The maximum Gasteiger partial charge on any atom is 0.270 e. The molecule has 2 aromatic heterocycles. The highest BCUT2D eigenvalue weighted by Gasteiger charge is 2.43. The zero-order valence-electron chi connectivity index (χ0n) is 14.9. The molecule has 2 unspecified atom stereocenters. The van der Waals surface area contributed by atoms with Crippen LogP contribution in [0.25, 0.3) is 0 Å². The van der Waals surface area contributed by atoms with Crippen molar-refractivity contribution in [2.24, 2.45) is 0 Å². The maximum absolute atomic E-state index is 14.1. The van der Waals surface area contributed by atoms with Crippen LogP contribution in [0.15, 0.2) is 24.7 Å². The van der Waals surface area contributed by atoms with Gasteiger partial charge < -0.3 is 10.2 Å². The Morgan fingerprint density at radius 2 is 1.85 bits per heavy atom. The molecule has 4 heterocycles. The van der Waals surface area contributed by atoms with Gasteiger partial charge in [0.15, 0.2) is 5.82 Å². The number of rotatable bonds is 3. The van der Waals surface area contributed by atoms with Crippen molar-refractivity contribution in [1.29, 1.82) is 0 Å². The highest BCUT2D eigenvalue weighted by molar-refractivity contribution is 5.93. The first kappa shape index (κ1) is 16.9. The summed E-state index contributed by atoms with van der Waals surface area (Å²) in [6.07, 6.45) is 8.13. The number of carbonyl (C=O) groups excluding carboxylic acids is 1. The number of anilines is 1. The van der Waals surface area contributed by atoms with Crippen molar-refractivity contribution in [3.8, 4) is 0 Å². The van der Waals surface area contributed by atoms with Gasteiger partial charge in [-0.15, -0.1) is 0 Å². The van der Waals surface area contributed by atoms with Gasteiger partial charge in [-0.1, -0.05) is 6.07 Å². The summed E-state index contributed by atoms with van der Waals surface area (Å²) in [7, 11) is 0. The first-order valence-electron chi connectivity index (χ1n) is 9.02. The minimum absolute atomic E-state index is 0.0680. The van der Waals surface area contributed by atoms with Crippen LogP contribution in [-0.4, -0.2) is 39.0 Å². The van der Waals surface area contributed by atoms with Crippen LogP contribution >= 0.6 is 0 Å². The Balaban J connectivity index is 1.47. The summed E-state index contributed by atoms with van der Waals surface area (Å²) in [5, 5.41) is 3.13. The fraction of sp³-hybridized carbons (Fsp3) is 0.474. The van der Waals surface area contributed by atoms with Crippen molar-refractivity contribution in [2.45, 2.75) is 57.7 Å². The van der Waals surface area contributed by atoms with E-state index in [9.17, 15) is 9.18 Å². The number of fused-ring (bicyclic) bond motifs is 2. The Hall–Kier alpha value is -2.57. The van der Waals surface area contributed by atoms with Crippen molar-refractivity contribution < 1.29 is 9.18 Å². The maximum atomic E-state index is 14.1. The number of hydrogen-bond acceptors (Lipinski definition) is 5. The Morgan fingerprint density at radius 3 is 2.50 bits per heavy atom. The van der Waals surface area contributed by atoms with Gasteiger partial charge in [0.1, 0.15) is 5.69 Å². The predicted molar refractivity (Wildman–Crippen MR) is 95.5 cm³/mol. The lowest BCUT2D eigenvalue weighted by Gasteiger charge is -2.39. The van der Waals surface area contributed by atoms with E-state index in [1.54, 1.807) is 6.20 Å². The van der Waals surface area contributed by atoms with E-state index in [2.05, 4.69) is 25.2 Å². The molecular formula is C19H22FN5O. The van der Waals surface area contributed by atoms with Crippen LogP contribution in [0, 0.1) is 19.8 Å². The third-order valence-electron chi connectivity index (χ3n) is 5.38. The number of nitrogens with one attached hydrogen (secondary N) is 1. The van der Waals surface area contributed by atoms with Crippen molar-refractivity contribution in [2.75, 3.05) is 4.90 Å². The molecule has 1 N–H and O–H groups in total. The fourth-order valence-electron chi connectivity index (χ4n) is 4.33. The van der Waals surface area contributed by atoms with E-state index in [1.165, 1.54) is 12.4 Å². The van der Waals surface area contributed by atoms with Crippen molar-refractivity contribution in [3.05, 3.63) is 47.4 Å². The molecule has 1 amide bonds. The molecule has 2 bridgehead atoms. The highest BCUT2D eigenvalue weighted by atomic mass is 19.1. The molecule has 0 aliphatic carbocycles. The van der Waals surface area contributed by atoms with Gasteiger partial charge in [0.2, 0.25) is 0 Å². The molecule has 2 aliphatic rings. The molecule has 0 saturated carbocycles. The van der Waals surface area contributed by atoms with Crippen LogP contribution in [0.5, 0.6) is 0 Å². The summed E-state index contributed by atoms with van der Waals surface area (Å²) in [6.45, 7) is 3.86. The van der Waals surface area contributed by atoms with Gasteiger partial charge >= 0.3 is 0 Å². The number of carbonyl (C=O) groups is 1. The number of nitrogens with zero attached hydrogens (tertiary/aromatic N) is 4. The molecular weight excluding hydrogens is 333 g/mol. The van der Waals surface area contributed by atoms with E-state index in [-0.39, 0.29) is 24.0 Å². The number of hydrogen-bond donors (Lipinski definition) is 1. The zero-order valence-corrected chi connectivity index (χ0v) is 14.9. The van der Waals surface area contributed by atoms with E-state index in [0.717, 1.165) is 36.8 Å². The Morgan fingerprint density at radius 1 is 1.15 bits per heavy atom. The normalized spacial score (nSPS) is 24.6. The van der Waals surface area contributed by atoms with Crippen LogP contribution in [0.4, 0.5) is 10.2 Å². The van der Waals surface area contributed by atoms with Gasteiger partial charge in [-0.05, 0) is 50.7 Å². The summed E-state index contributed by atoms with van der Waals surface area (Å²) < 4.78 is 14.1. The average Bonchev–Trinajstić information content (AvgIpc) is 2.85. The van der Waals surface area contributed by atoms with Crippen LogP contribution in [0.2, 0.25) is 0 Å². The molecule has 6 nitrogen and oxygen atoms in total. The molecule has 2 atom stereocenters. The number of amides is 1. The van der Waals surface area contributed by atoms with E-state index < -0.39 is 5.95 Å². The highest BCUT2D eigenvalue weighted by Crippen LogP contribution is 2.39. The minimum Gasteiger partial charge on any atom is -0.348 e. The largest absolute Gasteiger partial charge is 0.348 e. The number of pyridine rings is 1. The smallest absolute Gasteiger partial charge is 0.270 e. The van der Waals surface area contributed by atoms with E-state index in [4.69, 9.17) is 0 Å². The second-order valence-electron chi connectivity index (χ2n) is 7.28. The molecule has 2 aromatic rings. The quantitative estimate of drug-likeness (QED) is 0.916. The molecule has 7 heteroatoms. The van der Waals surface area contributed by atoms with Gasteiger partial charge in [-0.2, -0.15) is 4.39 Å². The third-order valence-corrected chi connectivity index (χ3v) is 5.38. The van der Waals surface area contributed by atoms with Crippen molar-refractivity contribution >= 4 is 11.7 Å².